The molecular weight excluding hydrogens is 284 g/mol. The fourth-order valence-corrected chi connectivity index (χ4v) is 2.68. The summed E-state index contributed by atoms with van der Waals surface area (Å²) >= 11 is 7.49. The van der Waals surface area contributed by atoms with Crippen LogP contribution in [-0.2, 0) is 9.53 Å². The van der Waals surface area contributed by atoms with Crippen molar-refractivity contribution >= 4 is 45.2 Å². The largest absolute Gasteiger partial charge is 0.463 e. The van der Waals surface area contributed by atoms with Crippen LogP contribution in [0.3, 0.4) is 0 Å². The van der Waals surface area contributed by atoms with Crippen LogP contribution in [0.5, 0.6) is 0 Å². The van der Waals surface area contributed by atoms with Crippen molar-refractivity contribution in [3.8, 4) is 6.07 Å². The number of pyridine rings is 1. The van der Waals surface area contributed by atoms with Crippen LogP contribution in [0, 0.1) is 11.3 Å². The molecular formula is C13H9ClN2O2S. The average molecular weight is 293 g/mol. The molecule has 0 fully saturated rings. The average Bonchev–Trinajstić information content (AvgIpc) is 2.81. The zero-order chi connectivity index (χ0) is 13.8. The number of nitrogens with zero attached hydrogens (tertiary/aromatic N) is 2. The number of hydrogen-bond donors (Lipinski definition) is 0. The van der Waals surface area contributed by atoms with E-state index in [2.05, 4.69) is 4.98 Å². The molecule has 2 heterocycles. The Morgan fingerprint density at radius 1 is 1.68 bits per heavy atom. The lowest BCUT2D eigenvalue weighted by Crippen LogP contribution is -1.98. The van der Waals surface area contributed by atoms with E-state index in [0.717, 1.165) is 9.71 Å². The van der Waals surface area contributed by atoms with Gasteiger partial charge in [-0.25, -0.2) is 9.78 Å². The summed E-state index contributed by atoms with van der Waals surface area (Å²) in [5, 5.41) is 9.98. The van der Waals surface area contributed by atoms with Crippen LogP contribution in [0.1, 0.15) is 17.4 Å². The van der Waals surface area contributed by atoms with Gasteiger partial charge in [0.1, 0.15) is 10.9 Å². The summed E-state index contributed by atoms with van der Waals surface area (Å²) in [5.41, 5.74) is 0.341. The Balaban J connectivity index is 2.35. The molecule has 0 saturated heterocycles. The number of hydrogen-bond acceptors (Lipinski definition) is 5. The normalized spacial score (nSPS) is 10.8. The molecule has 96 valence electrons. The summed E-state index contributed by atoms with van der Waals surface area (Å²) in [7, 11) is 0. The molecule has 0 aliphatic rings. The smallest absolute Gasteiger partial charge is 0.330 e. The van der Waals surface area contributed by atoms with Crippen molar-refractivity contribution < 1.29 is 9.53 Å². The van der Waals surface area contributed by atoms with Gasteiger partial charge in [-0.3, -0.25) is 0 Å². The van der Waals surface area contributed by atoms with Gasteiger partial charge < -0.3 is 4.74 Å². The lowest BCUT2D eigenvalue weighted by Gasteiger charge is -1.94. The zero-order valence-electron chi connectivity index (χ0n) is 10.0. The monoisotopic (exact) mass is 292 g/mol. The molecule has 0 unspecified atom stereocenters. The minimum absolute atomic E-state index is 0.341. The Bertz CT molecular complexity index is 700. The van der Waals surface area contributed by atoms with Gasteiger partial charge in [-0.2, -0.15) is 5.26 Å². The van der Waals surface area contributed by atoms with Gasteiger partial charge in [0, 0.05) is 22.5 Å². The van der Waals surface area contributed by atoms with Crippen LogP contribution in [0.25, 0.3) is 16.3 Å². The summed E-state index contributed by atoms with van der Waals surface area (Å²) in [4.78, 5) is 16.9. The van der Waals surface area contributed by atoms with Gasteiger partial charge in [-0.05, 0) is 19.1 Å². The molecule has 0 spiro atoms. The van der Waals surface area contributed by atoms with Crippen molar-refractivity contribution in [2.45, 2.75) is 6.92 Å². The maximum Gasteiger partial charge on any atom is 0.330 e. The van der Waals surface area contributed by atoms with Gasteiger partial charge in [0.2, 0.25) is 0 Å². The van der Waals surface area contributed by atoms with Crippen LogP contribution < -0.4 is 0 Å². The first kappa shape index (κ1) is 13.5. The van der Waals surface area contributed by atoms with Crippen molar-refractivity contribution in [3.05, 3.63) is 33.8 Å². The standard InChI is InChI=1S/C13H9ClN2O2S/c1-2-18-11(17)4-3-9-5-10-12(14)8(6-15)7-16-13(10)19-9/h3-5,7H,2H2,1H3. The van der Waals surface area contributed by atoms with Gasteiger partial charge >= 0.3 is 5.97 Å². The Kier molecular flexibility index (Phi) is 4.15. The number of halogens is 1. The highest BCUT2D eigenvalue weighted by Gasteiger charge is 2.09. The zero-order valence-corrected chi connectivity index (χ0v) is 11.6. The van der Waals surface area contributed by atoms with Crippen molar-refractivity contribution in [2.24, 2.45) is 0 Å². The van der Waals surface area contributed by atoms with Gasteiger partial charge in [-0.1, -0.05) is 11.6 Å². The van der Waals surface area contributed by atoms with Gasteiger partial charge in [-0.15, -0.1) is 11.3 Å². The second-order valence-corrected chi connectivity index (χ2v) is 4.99. The Morgan fingerprint density at radius 2 is 2.47 bits per heavy atom. The molecule has 0 amide bonds. The fourth-order valence-electron chi connectivity index (χ4n) is 1.48. The molecule has 0 bridgehead atoms. The topological polar surface area (TPSA) is 63.0 Å². The summed E-state index contributed by atoms with van der Waals surface area (Å²) in [5.74, 6) is -0.392. The van der Waals surface area contributed by atoms with E-state index in [1.165, 1.54) is 23.6 Å². The van der Waals surface area contributed by atoms with Gasteiger partial charge in [0.15, 0.2) is 0 Å². The van der Waals surface area contributed by atoms with E-state index >= 15 is 0 Å². The highest BCUT2D eigenvalue weighted by Crippen LogP contribution is 2.32. The second-order valence-electron chi connectivity index (χ2n) is 3.55. The van der Waals surface area contributed by atoms with Crippen LogP contribution >= 0.6 is 22.9 Å². The minimum Gasteiger partial charge on any atom is -0.463 e. The van der Waals surface area contributed by atoms with Crippen LogP contribution in [0.4, 0.5) is 0 Å². The van der Waals surface area contributed by atoms with Crippen LogP contribution in [0.2, 0.25) is 5.02 Å². The number of carbonyl (C=O) groups is 1. The van der Waals surface area contributed by atoms with E-state index in [4.69, 9.17) is 21.6 Å². The summed E-state index contributed by atoms with van der Waals surface area (Å²) < 4.78 is 4.79. The molecule has 0 aliphatic heterocycles. The first-order valence-electron chi connectivity index (χ1n) is 5.48. The van der Waals surface area contributed by atoms with Crippen molar-refractivity contribution in [3.63, 3.8) is 0 Å². The highest BCUT2D eigenvalue weighted by molar-refractivity contribution is 7.19. The Morgan fingerprint density at radius 3 is 3.16 bits per heavy atom. The Hall–Kier alpha value is -1.90. The molecule has 4 nitrogen and oxygen atoms in total. The molecule has 0 aromatic carbocycles. The van der Waals surface area contributed by atoms with E-state index in [-0.39, 0.29) is 0 Å². The summed E-state index contributed by atoms with van der Waals surface area (Å²) in [6.45, 7) is 2.09. The van der Waals surface area contributed by atoms with E-state index in [1.807, 2.05) is 6.07 Å². The Labute approximate surface area is 118 Å². The molecule has 0 atom stereocenters. The van der Waals surface area contributed by atoms with E-state index in [1.54, 1.807) is 19.1 Å². The number of rotatable bonds is 3. The van der Waals surface area contributed by atoms with E-state index in [9.17, 15) is 4.79 Å². The lowest BCUT2D eigenvalue weighted by atomic mass is 10.2. The van der Waals surface area contributed by atoms with Crippen molar-refractivity contribution in [1.29, 1.82) is 5.26 Å². The molecule has 2 aromatic heterocycles. The van der Waals surface area contributed by atoms with Gasteiger partial charge in [0.05, 0.1) is 17.2 Å². The summed E-state index contributed by atoms with van der Waals surface area (Å²) in [6, 6.07) is 3.78. The van der Waals surface area contributed by atoms with Gasteiger partial charge in [0.25, 0.3) is 0 Å². The fraction of sp³-hybridized carbons (Fsp3) is 0.154. The number of thiophene rings is 1. The predicted octanol–water partition coefficient (Wildman–Crippen LogP) is 3.40. The molecule has 0 N–H and O–H groups in total. The third-order valence-corrected chi connectivity index (χ3v) is 3.72. The van der Waals surface area contributed by atoms with E-state index in [0.29, 0.717) is 22.6 Å². The molecule has 2 aromatic rings. The molecule has 19 heavy (non-hydrogen) atoms. The number of nitriles is 1. The number of fused-ring (bicyclic) bond motifs is 1. The number of esters is 1. The third-order valence-electron chi connectivity index (χ3n) is 2.31. The first-order valence-corrected chi connectivity index (χ1v) is 6.68. The lowest BCUT2D eigenvalue weighted by molar-refractivity contribution is -0.137. The van der Waals surface area contributed by atoms with Crippen molar-refractivity contribution in [1.82, 2.24) is 4.98 Å². The van der Waals surface area contributed by atoms with Crippen LogP contribution in [-0.4, -0.2) is 17.6 Å². The number of carbonyl (C=O) groups excluding carboxylic acids is 1. The molecule has 0 saturated carbocycles. The predicted molar refractivity (Wildman–Crippen MR) is 75.0 cm³/mol. The van der Waals surface area contributed by atoms with E-state index < -0.39 is 5.97 Å². The first-order chi connectivity index (χ1) is 9.15. The quantitative estimate of drug-likeness (QED) is 0.642. The van der Waals surface area contributed by atoms with Crippen LogP contribution in [0.15, 0.2) is 18.3 Å². The number of ether oxygens (including phenoxy) is 1. The maximum atomic E-state index is 11.2. The minimum atomic E-state index is -0.392. The molecule has 2 rings (SSSR count). The second kappa shape index (κ2) is 5.83. The SMILES string of the molecule is CCOC(=O)C=Cc1cc2c(Cl)c(C#N)cnc2s1. The third kappa shape index (κ3) is 2.92. The maximum absolute atomic E-state index is 11.2. The highest BCUT2D eigenvalue weighted by atomic mass is 35.5. The number of aromatic nitrogens is 1. The molecule has 0 aliphatic carbocycles. The molecule has 0 radical (unpaired) electrons. The van der Waals surface area contributed by atoms with Crippen molar-refractivity contribution in [2.75, 3.05) is 6.61 Å². The molecule has 6 heteroatoms. The summed E-state index contributed by atoms with van der Waals surface area (Å²) in [6.07, 6.45) is 4.44.